The van der Waals surface area contributed by atoms with Gasteiger partial charge in [-0.3, -0.25) is 4.79 Å². The fourth-order valence-corrected chi connectivity index (χ4v) is 6.72. The average Bonchev–Trinajstić information content (AvgIpc) is 3.44. The average molecular weight is 404 g/mol. The number of hydrogen-bond donors (Lipinski definition) is 0. The summed E-state index contributed by atoms with van der Waals surface area (Å²) in [6.45, 7) is 4.09. The number of piperidine rings is 1. The lowest BCUT2D eigenvalue weighted by molar-refractivity contribution is -0.138. The highest BCUT2D eigenvalue weighted by molar-refractivity contribution is 7.11. The summed E-state index contributed by atoms with van der Waals surface area (Å²) in [6.07, 6.45) is 16.3. The zero-order valence-electron chi connectivity index (χ0n) is 17.6. The van der Waals surface area contributed by atoms with Crippen LogP contribution in [0.5, 0.6) is 0 Å². The van der Waals surface area contributed by atoms with Gasteiger partial charge >= 0.3 is 0 Å². The fraction of sp³-hybridized carbons (Fsp3) is 0.870. The third-order valence-corrected chi connectivity index (χ3v) is 8.65. The fourth-order valence-electron chi connectivity index (χ4n) is 5.58. The minimum atomic E-state index is 0.278. The van der Waals surface area contributed by atoms with E-state index in [1.807, 2.05) is 11.3 Å². The lowest BCUT2D eigenvalue weighted by Crippen LogP contribution is -2.43. The van der Waals surface area contributed by atoms with Crippen LogP contribution in [0.1, 0.15) is 112 Å². The van der Waals surface area contributed by atoms with Crippen LogP contribution in [0.15, 0.2) is 0 Å². The molecule has 2 saturated carbocycles. The molecule has 5 heteroatoms. The monoisotopic (exact) mass is 403 g/mol. The number of rotatable bonds is 6. The Morgan fingerprint density at radius 1 is 0.964 bits per heavy atom. The molecule has 2 heterocycles. The van der Waals surface area contributed by atoms with Crippen LogP contribution < -0.4 is 0 Å². The summed E-state index contributed by atoms with van der Waals surface area (Å²) in [5.74, 6) is 2.63. The molecular formula is C23H37N3OS. The third-order valence-electron chi connectivity index (χ3n) is 7.40. The molecule has 0 bridgehead atoms. The number of aromatic nitrogens is 2. The molecule has 156 valence electrons. The first-order valence-electron chi connectivity index (χ1n) is 11.9. The largest absolute Gasteiger partial charge is 0.342 e. The molecule has 0 aromatic carbocycles. The molecule has 1 aromatic rings. The number of likely N-dealkylation sites (tertiary alicyclic amines) is 1. The SMILES string of the molecule is CCCCC1CCC(C(=O)N2CCCC(c3nnc(C4CCCC4)s3)C2)CC1. The lowest BCUT2D eigenvalue weighted by atomic mass is 9.79. The number of carbonyl (C=O) groups excluding carboxylic acids is 1. The predicted octanol–water partition coefficient (Wildman–Crippen LogP) is 5.90. The topological polar surface area (TPSA) is 46.1 Å². The van der Waals surface area contributed by atoms with Gasteiger partial charge in [-0.25, -0.2) is 0 Å². The maximum absolute atomic E-state index is 13.2. The van der Waals surface area contributed by atoms with E-state index in [1.54, 1.807) is 0 Å². The molecule has 1 aromatic heterocycles. The van der Waals surface area contributed by atoms with Crippen molar-refractivity contribution >= 4 is 17.2 Å². The smallest absolute Gasteiger partial charge is 0.225 e. The predicted molar refractivity (Wildman–Crippen MR) is 115 cm³/mol. The Morgan fingerprint density at radius 3 is 2.36 bits per heavy atom. The van der Waals surface area contributed by atoms with E-state index < -0.39 is 0 Å². The summed E-state index contributed by atoms with van der Waals surface area (Å²) in [4.78, 5) is 15.3. The molecule has 2 aliphatic carbocycles. The third kappa shape index (κ3) is 4.77. The first kappa shape index (κ1) is 20.3. The van der Waals surface area contributed by atoms with Crippen LogP contribution in [0.3, 0.4) is 0 Å². The van der Waals surface area contributed by atoms with Crippen LogP contribution in [0.25, 0.3) is 0 Å². The van der Waals surface area contributed by atoms with Gasteiger partial charge in [-0.1, -0.05) is 39.0 Å². The molecule has 1 saturated heterocycles. The highest BCUT2D eigenvalue weighted by Crippen LogP contribution is 2.39. The summed E-state index contributed by atoms with van der Waals surface area (Å²) < 4.78 is 0. The van der Waals surface area contributed by atoms with Crippen molar-refractivity contribution in [2.24, 2.45) is 11.8 Å². The number of amides is 1. The van der Waals surface area contributed by atoms with Crippen LogP contribution in [0.2, 0.25) is 0 Å². The summed E-state index contributed by atoms with van der Waals surface area (Å²) in [6, 6.07) is 0. The Balaban J connectivity index is 1.30. The van der Waals surface area contributed by atoms with Crippen molar-refractivity contribution in [1.29, 1.82) is 0 Å². The zero-order valence-corrected chi connectivity index (χ0v) is 18.4. The molecule has 0 N–H and O–H groups in total. The van der Waals surface area contributed by atoms with E-state index in [9.17, 15) is 4.79 Å². The second-order valence-electron chi connectivity index (χ2n) is 9.44. The van der Waals surface area contributed by atoms with E-state index in [4.69, 9.17) is 0 Å². The second-order valence-corrected chi connectivity index (χ2v) is 10.5. The van der Waals surface area contributed by atoms with Gasteiger partial charge in [0.05, 0.1) is 0 Å². The first-order valence-corrected chi connectivity index (χ1v) is 12.7. The van der Waals surface area contributed by atoms with Gasteiger partial charge in [0.25, 0.3) is 0 Å². The highest BCUT2D eigenvalue weighted by Gasteiger charge is 2.33. The Kier molecular flexibility index (Phi) is 7.03. The Bertz CT molecular complexity index is 632. The molecule has 1 amide bonds. The standard InChI is InChI=1S/C23H37N3OS/c1-2-3-7-17-11-13-19(14-12-17)23(27)26-15-6-10-20(16-26)22-25-24-21(28-22)18-8-4-5-9-18/h17-20H,2-16H2,1H3. The van der Waals surface area contributed by atoms with Crippen molar-refractivity contribution in [3.8, 4) is 0 Å². The molecule has 1 unspecified atom stereocenters. The lowest BCUT2D eigenvalue weighted by Gasteiger charge is -2.36. The van der Waals surface area contributed by atoms with Crippen molar-refractivity contribution in [1.82, 2.24) is 15.1 Å². The van der Waals surface area contributed by atoms with Crippen molar-refractivity contribution in [2.75, 3.05) is 13.1 Å². The van der Waals surface area contributed by atoms with Gasteiger partial charge in [-0.2, -0.15) is 0 Å². The summed E-state index contributed by atoms with van der Waals surface area (Å²) in [5.41, 5.74) is 0. The van der Waals surface area contributed by atoms with Crippen molar-refractivity contribution in [3.05, 3.63) is 10.0 Å². The van der Waals surface area contributed by atoms with E-state index in [0.29, 0.717) is 17.7 Å². The van der Waals surface area contributed by atoms with E-state index in [-0.39, 0.29) is 5.92 Å². The van der Waals surface area contributed by atoms with Gasteiger partial charge < -0.3 is 4.90 Å². The quantitative estimate of drug-likeness (QED) is 0.594. The van der Waals surface area contributed by atoms with Crippen LogP contribution in [-0.2, 0) is 4.79 Å². The number of unbranched alkanes of at least 4 members (excludes halogenated alkanes) is 1. The summed E-state index contributed by atoms with van der Waals surface area (Å²) >= 11 is 1.83. The molecule has 3 fully saturated rings. The van der Waals surface area contributed by atoms with Gasteiger partial charge in [0.15, 0.2) is 0 Å². The number of carbonyl (C=O) groups is 1. The number of hydrogen-bond acceptors (Lipinski definition) is 4. The molecule has 1 aliphatic heterocycles. The summed E-state index contributed by atoms with van der Waals surface area (Å²) in [7, 11) is 0. The van der Waals surface area contributed by atoms with Gasteiger partial charge in [0.1, 0.15) is 10.0 Å². The van der Waals surface area contributed by atoms with Crippen molar-refractivity contribution < 1.29 is 4.79 Å². The summed E-state index contributed by atoms with van der Waals surface area (Å²) in [5, 5.41) is 11.5. The van der Waals surface area contributed by atoms with E-state index >= 15 is 0 Å². The first-order chi connectivity index (χ1) is 13.7. The zero-order chi connectivity index (χ0) is 19.3. The minimum Gasteiger partial charge on any atom is -0.342 e. The molecule has 4 rings (SSSR count). The Labute approximate surface area is 174 Å². The van der Waals surface area contributed by atoms with E-state index in [0.717, 1.165) is 44.7 Å². The molecule has 0 spiro atoms. The molecule has 3 aliphatic rings. The Morgan fingerprint density at radius 2 is 1.64 bits per heavy atom. The van der Waals surface area contributed by atoms with Crippen molar-refractivity contribution in [3.63, 3.8) is 0 Å². The Hall–Kier alpha value is -0.970. The molecule has 28 heavy (non-hydrogen) atoms. The van der Waals surface area contributed by atoms with Crippen LogP contribution >= 0.6 is 11.3 Å². The van der Waals surface area contributed by atoms with Gasteiger partial charge in [0.2, 0.25) is 5.91 Å². The maximum atomic E-state index is 13.2. The van der Waals surface area contributed by atoms with E-state index in [1.165, 1.54) is 67.8 Å². The molecule has 4 nitrogen and oxygen atoms in total. The highest BCUT2D eigenvalue weighted by atomic mass is 32.1. The molecule has 1 atom stereocenters. The van der Waals surface area contributed by atoms with Crippen molar-refractivity contribution in [2.45, 2.75) is 102 Å². The van der Waals surface area contributed by atoms with Crippen LogP contribution in [0, 0.1) is 11.8 Å². The van der Waals surface area contributed by atoms with E-state index in [2.05, 4.69) is 22.0 Å². The van der Waals surface area contributed by atoms with Gasteiger partial charge in [-0.15, -0.1) is 21.5 Å². The van der Waals surface area contributed by atoms with Gasteiger partial charge in [-0.05, 0) is 57.3 Å². The molecule has 0 radical (unpaired) electrons. The van der Waals surface area contributed by atoms with Crippen LogP contribution in [0.4, 0.5) is 0 Å². The number of nitrogens with zero attached hydrogens (tertiary/aromatic N) is 3. The molecular weight excluding hydrogens is 366 g/mol. The second kappa shape index (κ2) is 9.69. The minimum absolute atomic E-state index is 0.278. The van der Waals surface area contributed by atoms with Crippen LogP contribution in [-0.4, -0.2) is 34.1 Å². The normalized spacial score (nSPS) is 29.3. The van der Waals surface area contributed by atoms with Gasteiger partial charge in [0, 0.05) is 30.8 Å². The maximum Gasteiger partial charge on any atom is 0.225 e.